The number of benzene rings is 6. The summed E-state index contributed by atoms with van der Waals surface area (Å²) >= 11 is 14.3. The van der Waals surface area contributed by atoms with Crippen molar-refractivity contribution in [2.24, 2.45) is 23.3 Å². The van der Waals surface area contributed by atoms with Crippen molar-refractivity contribution >= 4 is 70.5 Å². The molecule has 2 fully saturated rings. The summed E-state index contributed by atoms with van der Waals surface area (Å²) in [5.74, 6) is -15.3. The number of nitrogens with two attached hydrogens (primary N) is 2. The molecule has 13 rings (SSSR count). The number of carbonyl (C=O) groups is 8. The molecule has 0 radical (unpaired) electrons. The van der Waals surface area contributed by atoms with Gasteiger partial charge in [0, 0.05) is 41.6 Å². The zero-order chi connectivity index (χ0) is 78.1. The van der Waals surface area contributed by atoms with E-state index in [4.69, 9.17) is 63.1 Å². The van der Waals surface area contributed by atoms with Gasteiger partial charge in [-0.3, -0.25) is 38.4 Å². The molecule has 0 aromatic heterocycles. The number of ether oxygens (including phenoxy) is 6. The average Bonchev–Trinajstić information content (AvgIpc) is 0.766. The lowest BCUT2D eigenvalue weighted by molar-refractivity contribution is -0.348. The number of nitrogens with one attached hydrogen (secondary N) is 8. The zero-order valence-electron chi connectivity index (χ0n) is 58.5. The summed E-state index contributed by atoms with van der Waals surface area (Å²) < 4.78 is 38.3. The first-order valence-corrected chi connectivity index (χ1v) is 35.0. The summed E-state index contributed by atoms with van der Waals surface area (Å²) in [4.78, 5) is 120. The van der Waals surface area contributed by atoms with E-state index in [1.54, 1.807) is 44.2 Å². The first kappa shape index (κ1) is 79.1. The Morgan fingerprint density at radius 1 is 0.694 bits per heavy atom. The Morgan fingerprint density at radius 2 is 1.31 bits per heavy atom. The monoisotopic (exact) mass is 1540 g/mol. The molecule has 21 N–H and O–H groups in total. The molecule has 35 heteroatoms. The highest BCUT2D eigenvalue weighted by atomic mass is 35.5. The van der Waals surface area contributed by atoms with Gasteiger partial charge in [-0.1, -0.05) is 92.5 Å². The Hall–Kier alpha value is -9.98. The molecule has 2 saturated heterocycles. The maximum atomic E-state index is 16.2. The van der Waals surface area contributed by atoms with Crippen molar-refractivity contribution in [1.82, 2.24) is 42.5 Å². The van der Waals surface area contributed by atoms with E-state index in [0.717, 1.165) is 60.7 Å². The van der Waals surface area contributed by atoms with E-state index in [1.807, 2.05) is 13.8 Å². The predicted octanol–water partition coefficient (Wildman–Crippen LogP) is 1.54. The van der Waals surface area contributed by atoms with Crippen LogP contribution in [0.25, 0.3) is 11.1 Å². The molecular formula is C73H82Cl2N10O23. The minimum atomic E-state index is -2.34. The molecule has 0 unspecified atom stereocenters. The number of hydrogen-bond acceptors (Lipinski definition) is 25. The van der Waals surface area contributed by atoms with E-state index in [-0.39, 0.29) is 69.6 Å². The topological polar surface area (TPSA) is 522 Å². The van der Waals surface area contributed by atoms with Crippen molar-refractivity contribution in [3.8, 4) is 57.1 Å². The van der Waals surface area contributed by atoms with Crippen LogP contribution < -0.4 is 68.2 Å². The highest BCUT2D eigenvalue weighted by Crippen LogP contribution is 2.50. The number of rotatable bonds is 15. The van der Waals surface area contributed by atoms with Gasteiger partial charge in [0.1, 0.15) is 95.5 Å². The first-order valence-electron chi connectivity index (χ1n) is 34.3. The quantitative estimate of drug-likeness (QED) is 0.0693. The van der Waals surface area contributed by atoms with Crippen molar-refractivity contribution in [2.75, 3.05) is 13.7 Å². The van der Waals surface area contributed by atoms with E-state index < -0.39 is 220 Å². The third-order valence-corrected chi connectivity index (χ3v) is 20.0. The molecule has 7 aliphatic rings. The number of carbonyl (C=O) groups excluding carboxylic acids is 8. The lowest BCUT2D eigenvalue weighted by atomic mass is 9.82. The molecule has 8 amide bonds. The minimum absolute atomic E-state index is 0.0971. The van der Waals surface area contributed by atoms with Gasteiger partial charge in [-0.15, -0.1) is 0 Å². The summed E-state index contributed by atoms with van der Waals surface area (Å²) in [5, 5.41) is 125. The Morgan fingerprint density at radius 3 is 1.93 bits per heavy atom. The van der Waals surface area contributed by atoms with E-state index in [2.05, 4.69) is 42.5 Å². The number of likely N-dealkylation sites (N-methyl/N-ethyl adjacent to an activating group) is 1. The van der Waals surface area contributed by atoms with E-state index >= 15 is 19.2 Å². The van der Waals surface area contributed by atoms with Crippen LogP contribution in [0.15, 0.2) is 109 Å². The number of aliphatic hydroxyl groups is 6. The predicted molar refractivity (Wildman–Crippen MR) is 380 cm³/mol. The lowest BCUT2D eigenvalue weighted by Gasteiger charge is -2.47. The smallest absolute Gasteiger partial charge is 0.248 e. The zero-order valence-corrected chi connectivity index (χ0v) is 60.0. The van der Waals surface area contributed by atoms with Crippen LogP contribution in [0.5, 0.6) is 46.0 Å². The third kappa shape index (κ3) is 17.1. The van der Waals surface area contributed by atoms with Crippen molar-refractivity contribution in [3.63, 3.8) is 0 Å². The van der Waals surface area contributed by atoms with Gasteiger partial charge in [0.25, 0.3) is 0 Å². The van der Waals surface area contributed by atoms with Crippen LogP contribution in [-0.2, 0) is 59.1 Å². The van der Waals surface area contributed by atoms with Crippen LogP contribution in [0.3, 0.4) is 0 Å². The third-order valence-electron chi connectivity index (χ3n) is 19.4. The van der Waals surface area contributed by atoms with Gasteiger partial charge in [-0.2, -0.15) is 0 Å². The van der Waals surface area contributed by atoms with Crippen molar-refractivity contribution in [3.05, 3.63) is 153 Å². The second-order valence-electron chi connectivity index (χ2n) is 27.6. The largest absolute Gasteiger partial charge is 0.508 e. The standard InChI is InChI=1S/C73H82Cl2N10O23/c1-29(2)17-41(78-5)64(95)84-56-58(91)33-12-15-45(39(74)19-33)103-47-21-35-22-48(62(47)108-72-63(61(94)60(93)49(28-86)105-72)106-51-26-73(4,77)30(3)71(102)107-51)104-46-16-13-34(20-40(46)75)59(92)57-70(101)83-55(66(97)79-27-31-9-7-6-8-10-31)38-23-36(87)24-44(89)52(38)37-18-32(11-14-43(37)88)53(67(98)85-57)82-68(99)54(35)81-65(96)42(25-50(76)90)80-69(56)100/h6-16,18-24,29-30,41-42,49,51,53-61,63,71-72,78,86-89,91-94,102H,17,25-28,77H2,1-5H3,(H2,76,90)(H,79,97)(H,80,100)(H,81,96)(H,82,99)(H,83,101)(H,84,95)(H,85,98)/t30-,41-,42+,49+,51-,53-,54-,55+,56-,57+,58-,59-,60+,61-,63+,71-,72-,73+/m1/s1. The van der Waals surface area contributed by atoms with Gasteiger partial charge in [-0.25, -0.2) is 0 Å². The van der Waals surface area contributed by atoms with Crippen LogP contribution in [0.1, 0.15) is 111 Å². The molecule has 0 aliphatic carbocycles. The molecular weight excluding hydrogens is 1460 g/mol. The molecule has 11 bridgehead atoms. The van der Waals surface area contributed by atoms with E-state index in [9.17, 15) is 65.1 Å². The van der Waals surface area contributed by atoms with Gasteiger partial charge >= 0.3 is 0 Å². The molecule has 7 heterocycles. The van der Waals surface area contributed by atoms with Gasteiger partial charge in [0.2, 0.25) is 59.3 Å². The highest BCUT2D eigenvalue weighted by molar-refractivity contribution is 6.32. The molecule has 6 aromatic rings. The van der Waals surface area contributed by atoms with Gasteiger partial charge in [0.15, 0.2) is 30.2 Å². The number of aliphatic hydroxyl groups excluding tert-OH is 6. The summed E-state index contributed by atoms with van der Waals surface area (Å²) in [6.45, 7) is 5.74. The number of aromatic hydroxyl groups is 3. The van der Waals surface area contributed by atoms with Crippen molar-refractivity contribution < 1.29 is 113 Å². The minimum Gasteiger partial charge on any atom is -0.508 e. The SMILES string of the molecule is CN[C@H](CC(C)C)C(=O)N[C@H]1C(=O)N[C@@H](CC(N)=O)C(=O)N[C@H]2C(=O)N[C@H]3C(=O)N[C@H](C(=O)N[C@H](C(=O)NCc4ccccc4)c4cc(O)cc(O)c4-c4cc3ccc4O)[C@H](O)c3ccc(c(Cl)c3)Oc3cc2cc(c3O[C@H]2O[C@@H](CO)[C@H](O)[C@@H](O)[C@@H]2O[C@H]2C[C@](C)(N)[C@H](C)[C@H](O)O2)Oc2ccc(cc2Cl)[C@H]1O. The number of phenolic OH excluding ortho intramolecular Hbond substituents is 3. The van der Waals surface area contributed by atoms with Gasteiger partial charge in [-0.05, 0) is 114 Å². The summed E-state index contributed by atoms with van der Waals surface area (Å²) in [7, 11) is 1.48. The molecule has 18 atom stereocenters. The van der Waals surface area contributed by atoms with Crippen LogP contribution in [0, 0.1) is 11.8 Å². The number of amides is 8. The molecule has 0 saturated carbocycles. The van der Waals surface area contributed by atoms with Crippen LogP contribution in [0.2, 0.25) is 10.0 Å². The van der Waals surface area contributed by atoms with Crippen molar-refractivity contribution in [1.29, 1.82) is 0 Å². The molecule has 7 aliphatic heterocycles. The fourth-order valence-corrected chi connectivity index (χ4v) is 13.7. The van der Waals surface area contributed by atoms with Gasteiger partial charge < -0.3 is 128 Å². The number of phenols is 3. The first-order chi connectivity index (χ1) is 51.2. The Balaban J connectivity index is 1.15. The maximum absolute atomic E-state index is 16.2. The van der Waals surface area contributed by atoms with Gasteiger partial charge in [0.05, 0.1) is 29.1 Å². The highest BCUT2D eigenvalue weighted by Gasteiger charge is 2.51. The second-order valence-corrected chi connectivity index (χ2v) is 28.4. The molecule has 33 nitrogen and oxygen atoms in total. The Labute approximate surface area is 626 Å². The fourth-order valence-electron chi connectivity index (χ4n) is 13.2. The van der Waals surface area contributed by atoms with Crippen LogP contribution in [0.4, 0.5) is 0 Å². The van der Waals surface area contributed by atoms with Crippen LogP contribution >= 0.6 is 23.2 Å². The number of fused-ring (bicyclic) bond motifs is 15. The van der Waals surface area contributed by atoms with E-state index in [0.29, 0.717) is 5.56 Å². The fraction of sp³-hybridized carbons (Fsp3) is 0.397. The number of primary amides is 1. The van der Waals surface area contributed by atoms with Crippen LogP contribution in [-0.4, -0.2) is 180 Å². The lowest BCUT2D eigenvalue weighted by Crippen LogP contribution is -2.63. The van der Waals surface area contributed by atoms with Crippen molar-refractivity contribution in [2.45, 2.75) is 157 Å². The average molecular weight is 1540 g/mol. The molecule has 0 spiro atoms. The summed E-state index contributed by atoms with van der Waals surface area (Å²) in [5.41, 5.74) is 9.45. The Bertz CT molecular complexity index is 4450. The molecule has 108 heavy (non-hydrogen) atoms. The summed E-state index contributed by atoms with van der Waals surface area (Å²) in [6.07, 6.45) is -17.9. The maximum Gasteiger partial charge on any atom is 0.248 e. The number of hydrogen-bond donors (Lipinski definition) is 19. The molecule has 6 aromatic carbocycles. The molecule has 576 valence electrons. The number of halogens is 2. The van der Waals surface area contributed by atoms with E-state index in [1.165, 1.54) is 25.2 Å². The second kappa shape index (κ2) is 32.8. The summed E-state index contributed by atoms with van der Waals surface area (Å²) in [6, 6.07) is 8.81. The normalized spacial score (nSPS) is 28.2. The Kier molecular flexibility index (Phi) is 24.1.